The number of halogens is 1. The van der Waals surface area contributed by atoms with E-state index in [4.69, 9.17) is 4.74 Å². The quantitative estimate of drug-likeness (QED) is 0.345. The maximum Gasteiger partial charge on any atom is 0.264 e. The fourth-order valence-electron chi connectivity index (χ4n) is 3.85. The largest absolute Gasteiger partial charge is 0.494 e. The van der Waals surface area contributed by atoms with Crippen LogP contribution in [0.1, 0.15) is 18.1 Å². The van der Waals surface area contributed by atoms with E-state index in [1.54, 1.807) is 12.1 Å². The number of nitrogens with one attached hydrogen (secondary N) is 1. The number of amides is 1. The summed E-state index contributed by atoms with van der Waals surface area (Å²) in [6, 6.07) is 22.1. The third-order valence-electron chi connectivity index (χ3n) is 5.43. The Morgan fingerprint density at radius 3 is 2.62 bits per heavy atom. The molecule has 1 amide bonds. The molecule has 2 heterocycles. The number of ether oxygens (including phenoxy) is 1. The number of para-hydroxylation sites is 1. The fraction of sp³-hybridized carbons (Fsp3) is 0.111. The average molecular weight is 472 g/mol. The first-order chi connectivity index (χ1) is 16.6. The summed E-state index contributed by atoms with van der Waals surface area (Å²) in [7, 11) is 0. The number of rotatable bonds is 6. The van der Waals surface area contributed by atoms with Crippen molar-refractivity contribution in [1.82, 2.24) is 9.88 Å². The number of aliphatic imine (C=N–C) groups is 1. The van der Waals surface area contributed by atoms with Gasteiger partial charge in [0.25, 0.3) is 5.91 Å². The van der Waals surface area contributed by atoms with Crippen LogP contribution in [0, 0.1) is 5.82 Å². The maximum absolute atomic E-state index is 14.2. The van der Waals surface area contributed by atoms with Gasteiger partial charge in [0.1, 0.15) is 11.6 Å². The molecule has 0 radical (unpaired) electrons. The second kappa shape index (κ2) is 9.57. The van der Waals surface area contributed by atoms with Crippen molar-refractivity contribution in [3.05, 3.63) is 101 Å². The molecule has 3 aromatic carbocycles. The van der Waals surface area contributed by atoms with Gasteiger partial charge in [-0.05, 0) is 61.2 Å². The number of fused-ring (bicyclic) bond motifs is 1. The highest BCUT2D eigenvalue weighted by Crippen LogP contribution is 2.31. The Labute approximate surface area is 201 Å². The van der Waals surface area contributed by atoms with Crippen molar-refractivity contribution < 1.29 is 13.9 Å². The van der Waals surface area contributed by atoms with Crippen molar-refractivity contribution in [3.63, 3.8) is 0 Å². The van der Waals surface area contributed by atoms with Crippen LogP contribution >= 0.6 is 11.8 Å². The van der Waals surface area contributed by atoms with Crippen LogP contribution in [0.3, 0.4) is 0 Å². The Morgan fingerprint density at radius 2 is 1.82 bits per heavy atom. The van der Waals surface area contributed by atoms with Gasteiger partial charge in [-0.15, -0.1) is 0 Å². The van der Waals surface area contributed by atoms with Crippen molar-refractivity contribution in [2.75, 3.05) is 6.61 Å². The summed E-state index contributed by atoms with van der Waals surface area (Å²) in [6.45, 7) is 2.94. The molecule has 1 aliphatic heterocycles. The topological polar surface area (TPSA) is 55.6 Å². The molecule has 0 spiro atoms. The number of carbonyl (C=O) groups is 1. The number of hydrogen-bond donors (Lipinski definition) is 1. The predicted molar refractivity (Wildman–Crippen MR) is 136 cm³/mol. The van der Waals surface area contributed by atoms with E-state index in [0.717, 1.165) is 27.9 Å². The van der Waals surface area contributed by atoms with Gasteiger partial charge in [-0.3, -0.25) is 4.79 Å². The lowest BCUT2D eigenvalue weighted by Crippen LogP contribution is -2.19. The smallest absolute Gasteiger partial charge is 0.264 e. The molecular weight excluding hydrogens is 449 g/mol. The molecule has 5 nitrogen and oxygen atoms in total. The number of thioether (sulfide) groups is 1. The minimum absolute atomic E-state index is 0.194. The molecule has 4 aromatic rings. The zero-order chi connectivity index (χ0) is 23.5. The van der Waals surface area contributed by atoms with Crippen LogP contribution in [0.25, 0.3) is 17.0 Å². The van der Waals surface area contributed by atoms with Crippen molar-refractivity contribution in [3.8, 4) is 5.75 Å². The second-order valence-corrected chi connectivity index (χ2v) is 8.76. The normalized spacial score (nSPS) is 15.9. The minimum Gasteiger partial charge on any atom is -0.494 e. The summed E-state index contributed by atoms with van der Waals surface area (Å²) in [5, 5.41) is 4.35. The van der Waals surface area contributed by atoms with E-state index in [1.165, 1.54) is 17.8 Å². The predicted octanol–water partition coefficient (Wildman–Crippen LogP) is 6.12. The van der Waals surface area contributed by atoms with E-state index in [1.807, 2.05) is 78.4 Å². The summed E-state index contributed by atoms with van der Waals surface area (Å²) in [5.41, 5.74) is 3.21. The molecule has 7 heteroatoms. The van der Waals surface area contributed by atoms with Gasteiger partial charge in [-0.2, -0.15) is 0 Å². The first kappa shape index (κ1) is 22.0. The van der Waals surface area contributed by atoms with Gasteiger partial charge in [0, 0.05) is 28.2 Å². The van der Waals surface area contributed by atoms with E-state index in [9.17, 15) is 9.18 Å². The van der Waals surface area contributed by atoms with Crippen LogP contribution in [-0.2, 0) is 11.3 Å². The summed E-state index contributed by atoms with van der Waals surface area (Å²) in [6.07, 6.45) is 3.82. The van der Waals surface area contributed by atoms with E-state index in [2.05, 4.69) is 10.3 Å². The highest BCUT2D eigenvalue weighted by Gasteiger charge is 2.24. The van der Waals surface area contributed by atoms with Crippen molar-refractivity contribution in [1.29, 1.82) is 0 Å². The van der Waals surface area contributed by atoms with Crippen LogP contribution < -0.4 is 10.1 Å². The van der Waals surface area contributed by atoms with Crippen molar-refractivity contribution >= 4 is 45.5 Å². The lowest BCUT2D eigenvalue weighted by Gasteiger charge is -2.06. The van der Waals surface area contributed by atoms with Crippen molar-refractivity contribution in [2.45, 2.75) is 13.5 Å². The number of amidine groups is 1. The number of carbonyl (C=O) groups excluding carboxylic acids is 1. The van der Waals surface area contributed by atoms with Gasteiger partial charge < -0.3 is 14.6 Å². The Morgan fingerprint density at radius 1 is 1.06 bits per heavy atom. The molecule has 0 saturated carbocycles. The fourth-order valence-corrected chi connectivity index (χ4v) is 4.69. The number of hydrogen-bond acceptors (Lipinski definition) is 4. The first-order valence-corrected chi connectivity index (χ1v) is 11.8. The molecule has 0 aliphatic carbocycles. The third-order valence-corrected chi connectivity index (χ3v) is 6.34. The van der Waals surface area contributed by atoms with Gasteiger partial charge in [-0.25, -0.2) is 9.38 Å². The molecule has 1 saturated heterocycles. The lowest BCUT2D eigenvalue weighted by molar-refractivity contribution is -0.115. The van der Waals surface area contributed by atoms with E-state index in [-0.39, 0.29) is 11.7 Å². The molecular formula is C27H22FN3O2S. The summed E-state index contributed by atoms with van der Waals surface area (Å²) < 4.78 is 21.7. The molecule has 1 N–H and O–H groups in total. The van der Waals surface area contributed by atoms with Crippen molar-refractivity contribution in [2.24, 2.45) is 4.99 Å². The SMILES string of the molecule is CCOc1ccc(N=C2NC(=O)/C(=C\c3cn(Cc4ccccc4F)c4ccccc34)S2)cc1. The number of aromatic nitrogens is 1. The van der Waals surface area contributed by atoms with E-state index >= 15 is 0 Å². The van der Waals surface area contributed by atoms with Crippen LogP contribution in [-0.4, -0.2) is 22.2 Å². The van der Waals surface area contributed by atoms with E-state index in [0.29, 0.717) is 28.8 Å². The van der Waals surface area contributed by atoms with Crippen LogP contribution in [0.15, 0.2) is 88.9 Å². The summed E-state index contributed by atoms with van der Waals surface area (Å²) >= 11 is 1.30. The number of benzene rings is 3. The second-order valence-electron chi connectivity index (χ2n) is 7.73. The molecule has 170 valence electrons. The molecule has 1 aromatic heterocycles. The molecule has 5 rings (SSSR count). The Hall–Kier alpha value is -3.84. The zero-order valence-electron chi connectivity index (χ0n) is 18.5. The maximum atomic E-state index is 14.2. The highest BCUT2D eigenvalue weighted by molar-refractivity contribution is 8.18. The monoisotopic (exact) mass is 471 g/mol. The van der Waals surface area contributed by atoms with Crippen LogP contribution in [0.2, 0.25) is 0 Å². The van der Waals surface area contributed by atoms with E-state index < -0.39 is 0 Å². The molecule has 0 bridgehead atoms. The third kappa shape index (κ3) is 4.61. The highest BCUT2D eigenvalue weighted by atomic mass is 32.2. The van der Waals surface area contributed by atoms with Gasteiger partial charge in [0.15, 0.2) is 5.17 Å². The minimum atomic E-state index is -0.235. The van der Waals surface area contributed by atoms with Gasteiger partial charge in [-0.1, -0.05) is 36.4 Å². The Balaban J connectivity index is 1.43. The molecule has 0 unspecified atom stereocenters. The molecule has 1 aliphatic rings. The van der Waals surface area contributed by atoms with Gasteiger partial charge in [0.05, 0.1) is 23.7 Å². The summed E-state index contributed by atoms with van der Waals surface area (Å²) in [4.78, 5) is 17.7. The zero-order valence-corrected chi connectivity index (χ0v) is 19.3. The van der Waals surface area contributed by atoms with Crippen LogP contribution in [0.4, 0.5) is 10.1 Å². The van der Waals surface area contributed by atoms with Gasteiger partial charge >= 0.3 is 0 Å². The lowest BCUT2D eigenvalue weighted by atomic mass is 10.1. The summed E-state index contributed by atoms with van der Waals surface area (Å²) in [5.74, 6) is 0.351. The average Bonchev–Trinajstić information content (AvgIpc) is 3.36. The molecule has 0 atom stereocenters. The Kier molecular flexibility index (Phi) is 6.18. The standard InChI is InChI=1S/C27H22FN3O2S/c1-2-33-21-13-11-20(12-14-21)29-27-30-26(32)25(34-27)15-19-17-31(24-10-6-4-8-22(19)24)16-18-7-3-5-9-23(18)28/h3-15,17H,2,16H2,1H3,(H,29,30,32)/b25-15+. The number of nitrogens with zero attached hydrogens (tertiary/aromatic N) is 2. The molecule has 34 heavy (non-hydrogen) atoms. The molecule has 1 fully saturated rings. The van der Waals surface area contributed by atoms with Crippen LogP contribution in [0.5, 0.6) is 5.75 Å². The first-order valence-electron chi connectivity index (χ1n) is 10.9. The van der Waals surface area contributed by atoms with Gasteiger partial charge in [0.2, 0.25) is 0 Å². The Bertz CT molecular complexity index is 1420.